The molecule has 10 nitrogen and oxygen atoms in total. The number of phenolic OH excluding ortho intramolecular Hbond substituents is 1. The van der Waals surface area contributed by atoms with Crippen LogP contribution in [0, 0.1) is 11.6 Å². The van der Waals surface area contributed by atoms with E-state index in [0.29, 0.717) is 45.0 Å². The first-order valence-corrected chi connectivity index (χ1v) is 17.1. The molecule has 2 aromatic heterocycles. The Hall–Kier alpha value is -4.46. The van der Waals surface area contributed by atoms with Crippen molar-refractivity contribution in [3.63, 3.8) is 0 Å². The Morgan fingerprint density at radius 3 is 2.40 bits per heavy atom. The third-order valence-electron chi connectivity index (χ3n) is 9.57. The predicted molar refractivity (Wildman–Crippen MR) is 185 cm³/mol. The summed E-state index contributed by atoms with van der Waals surface area (Å²) in [7, 11) is 0. The average Bonchev–Trinajstić information content (AvgIpc) is 3.05. The highest BCUT2D eigenvalue weighted by Crippen LogP contribution is 2.43. The Balaban J connectivity index is 1.51. The molecule has 0 aliphatic carbocycles. The van der Waals surface area contributed by atoms with Crippen molar-refractivity contribution in [2.24, 2.45) is 0 Å². The highest BCUT2D eigenvalue weighted by molar-refractivity contribution is 6.02. The summed E-state index contributed by atoms with van der Waals surface area (Å²) in [6.45, 7) is 15.5. The highest BCUT2D eigenvalue weighted by Gasteiger charge is 2.37. The average molecular weight is 698 g/mol. The van der Waals surface area contributed by atoms with Crippen molar-refractivity contribution < 1.29 is 32.2 Å². The third kappa shape index (κ3) is 6.57. The number of carbonyl (C=O) groups is 1. The van der Waals surface area contributed by atoms with Gasteiger partial charge in [-0.15, -0.1) is 0 Å². The van der Waals surface area contributed by atoms with Gasteiger partial charge >= 0.3 is 6.09 Å². The first-order valence-electron chi connectivity index (χ1n) is 17.1. The highest BCUT2D eigenvalue weighted by atomic mass is 19.3. The number of phenols is 1. The summed E-state index contributed by atoms with van der Waals surface area (Å²) < 4.78 is 66.2. The van der Waals surface area contributed by atoms with E-state index in [1.807, 2.05) is 37.5 Å². The zero-order valence-corrected chi connectivity index (χ0v) is 29.2. The second-order valence-corrected chi connectivity index (χ2v) is 13.8. The molecule has 4 heterocycles. The largest absolute Gasteiger partial charge is 0.508 e. The Morgan fingerprint density at radius 1 is 1.04 bits per heavy atom. The Morgan fingerprint density at radius 2 is 1.76 bits per heavy atom. The molecular formula is C36H43F4N7O3. The monoisotopic (exact) mass is 697 g/mol. The van der Waals surface area contributed by atoms with Gasteiger partial charge in [-0.05, 0) is 63.9 Å². The number of fused-ring (bicyclic) bond motifs is 2. The zero-order valence-electron chi connectivity index (χ0n) is 29.2. The number of nitrogens with zero attached hydrogens (tertiary/aromatic N) is 7. The lowest BCUT2D eigenvalue weighted by Crippen LogP contribution is -2.60. The maximum Gasteiger partial charge on any atom is 0.410 e. The van der Waals surface area contributed by atoms with Gasteiger partial charge < -0.3 is 24.5 Å². The second kappa shape index (κ2) is 13.7. The SMILES string of the molecule is CCC1CN(c2nc(N3CC(N(CC)CC)C3)nc3c(C(F)F)c(-c4cc(O)cc5ccc(F)c(F)c45)ncc23)CCN1C(=O)OC(C)(C)C. The number of rotatable bonds is 8. The Labute approximate surface area is 288 Å². The number of aromatic nitrogens is 3. The van der Waals surface area contributed by atoms with Crippen LogP contribution in [0.5, 0.6) is 5.75 Å². The summed E-state index contributed by atoms with van der Waals surface area (Å²) in [6.07, 6.45) is -1.56. The number of halogens is 4. The van der Waals surface area contributed by atoms with E-state index < -0.39 is 35.3 Å². The quantitative estimate of drug-likeness (QED) is 0.193. The van der Waals surface area contributed by atoms with E-state index in [9.17, 15) is 14.3 Å². The van der Waals surface area contributed by atoms with E-state index in [0.717, 1.165) is 25.2 Å². The van der Waals surface area contributed by atoms with Crippen molar-refractivity contribution in [1.82, 2.24) is 24.8 Å². The van der Waals surface area contributed by atoms with E-state index in [-0.39, 0.29) is 56.7 Å². The van der Waals surface area contributed by atoms with Crippen LogP contribution >= 0.6 is 0 Å². The van der Waals surface area contributed by atoms with E-state index in [4.69, 9.17) is 14.7 Å². The Kier molecular flexibility index (Phi) is 9.68. The maximum absolute atomic E-state index is 15.4. The van der Waals surface area contributed by atoms with Crippen LogP contribution in [0.15, 0.2) is 30.5 Å². The summed E-state index contributed by atoms with van der Waals surface area (Å²) in [4.78, 5) is 35.1. The number of anilines is 2. The van der Waals surface area contributed by atoms with Crippen LogP contribution in [0.2, 0.25) is 0 Å². The number of hydrogen-bond donors (Lipinski definition) is 1. The summed E-state index contributed by atoms with van der Waals surface area (Å²) in [6, 6.07) is 4.53. The van der Waals surface area contributed by atoms with Gasteiger partial charge in [0, 0.05) is 55.9 Å². The number of benzene rings is 2. The number of alkyl halides is 2. The molecule has 2 aliphatic heterocycles. The number of aromatic hydroxyl groups is 1. The minimum atomic E-state index is -3.13. The van der Waals surface area contributed by atoms with Gasteiger partial charge in [-0.1, -0.05) is 26.8 Å². The van der Waals surface area contributed by atoms with Gasteiger partial charge in [-0.25, -0.2) is 27.3 Å². The van der Waals surface area contributed by atoms with Crippen LogP contribution in [0.3, 0.4) is 0 Å². The lowest BCUT2D eigenvalue weighted by atomic mass is 9.96. The maximum atomic E-state index is 15.4. The molecule has 2 saturated heterocycles. The van der Waals surface area contributed by atoms with Gasteiger partial charge in [0.15, 0.2) is 11.6 Å². The lowest BCUT2D eigenvalue weighted by Gasteiger charge is -2.45. The molecule has 50 heavy (non-hydrogen) atoms. The minimum Gasteiger partial charge on any atom is -0.508 e. The number of hydrogen-bond acceptors (Lipinski definition) is 9. The molecule has 1 N–H and O–H groups in total. The number of carbonyl (C=O) groups excluding carboxylic acids is 1. The zero-order chi connectivity index (χ0) is 36.1. The topological polar surface area (TPSA) is 98.2 Å². The van der Waals surface area contributed by atoms with Crippen molar-refractivity contribution >= 4 is 39.5 Å². The number of likely N-dealkylation sites (N-methyl/N-ethyl adjacent to an activating group) is 1. The molecule has 1 unspecified atom stereocenters. The molecule has 0 radical (unpaired) electrons. The van der Waals surface area contributed by atoms with Crippen LogP contribution in [0.1, 0.15) is 60.0 Å². The molecule has 268 valence electrons. The molecule has 0 bridgehead atoms. The fourth-order valence-corrected chi connectivity index (χ4v) is 7.00. The number of pyridine rings is 1. The van der Waals surface area contributed by atoms with Crippen molar-refractivity contribution in [3.8, 4) is 17.0 Å². The molecular weight excluding hydrogens is 654 g/mol. The van der Waals surface area contributed by atoms with Gasteiger partial charge in [0.25, 0.3) is 6.43 Å². The van der Waals surface area contributed by atoms with Gasteiger partial charge in [0.1, 0.15) is 17.2 Å². The van der Waals surface area contributed by atoms with Crippen LogP contribution in [-0.4, -0.2) is 99.4 Å². The number of piperazine rings is 1. The second-order valence-electron chi connectivity index (χ2n) is 13.8. The third-order valence-corrected chi connectivity index (χ3v) is 9.57. The molecule has 1 amide bonds. The normalized spacial score (nSPS) is 17.4. The van der Waals surface area contributed by atoms with Gasteiger partial charge in [0.2, 0.25) is 5.95 Å². The molecule has 2 fully saturated rings. The van der Waals surface area contributed by atoms with Gasteiger partial charge in [-0.2, -0.15) is 4.98 Å². The summed E-state index contributed by atoms with van der Waals surface area (Å²) in [5.41, 5.74) is -1.83. The van der Waals surface area contributed by atoms with Crippen molar-refractivity contribution in [1.29, 1.82) is 0 Å². The van der Waals surface area contributed by atoms with Gasteiger partial charge in [0.05, 0.1) is 28.2 Å². The summed E-state index contributed by atoms with van der Waals surface area (Å²) in [5.74, 6) is -2.07. The van der Waals surface area contributed by atoms with Crippen molar-refractivity contribution in [3.05, 3.63) is 47.7 Å². The van der Waals surface area contributed by atoms with Crippen LogP contribution < -0.4 is 9.80 Å². The molecule has 2 aliphatic rings. The smallest absolute Gasteiger partial charge is 0.410 e. The van der Waals surface area contributed by atoms with Crippen LogP contribution in [-0.2, 0) is 4.74 Å². The molecule has 4 aromatic rings. The summed E-state index contributed by atoms with van der Waals surface area (Å²) >= 11 is 0. The van der Waals surface area contributed by atoms with Gasteiger partial charge in [-0.3, -0.25) is 9.88 Å². The van der Waals surface area contributed by atoms with Crippen LogP contribution in [0.4, 0.5) is 34.1 Å². The van der Waals surface area contributed by atoms with E-state index in [1.54, 1.807) is 4.90 Å². The minimum absolute atomic E-state index is 0.0767. The Bertz CT molecular complexity index is 1910. The predicted octanol–water partition coefficient (Wildman–Crippen LogP) is 7.13. The molecule has 14 heteroatoms. The molecule has 0 saturated carbocycles. The molecule has 0 spiro atoms. The fourth-order valence-electron chi connectivity index (χ4n) is 7.00. The van der Waals surface area contributed by atoms with Crippen molar-refractivity contribution in [2.75, 3.05) is 55.6 Å². The fraction of sp³-hybridized carbons (Fsp3) is 0.500. The summed E-state index contributed by atoms with van der Waals surface area (Å²) in [5, 5.41) is 10.6. The molecule has 6 rings (SSSR count). The number of amides is 1. The first kappa shape index (κ1) is 35.4. The standard InChI is InChI=1S/C36H43F4N7O3/c1-7-21-17-45(12-13-47(21)35(49)50-36(4,5)6)33-25-16-41-30(24-15-23(48)14-20-10-11-26(37)29(38)27(20)24)28(32(39)40)31(25)42-34(43-33)46-18-22(19-46)44(8-2)9-3/h10-11,14-16,21-22,32,48H,7-9,12-13,17-19H2,1-6H3. The van der Waals surface area contributed by atoms with Crippen molar-refractivity contribution in [2.45, 2.75) is 72.1 Å². The van der Waals surface area contributed by atoms with E-state index in [1.165, 1.54) is 18.3 Å². The van der Waals surface area contributed by atoms with Crippen LogP contribution in [0.25, 0.3) is 32.9 Å². The lowest BCUT2D eigenvalue weighted by molar-refractivity contribution is 0.0136. The molecule has 1 atom stereocenters. The molecule has 2 aromatic carbocycles. The number of ether oxygens (including phenoxy) is 1. The van der Waals surface area contributed by atoms with E-state index in [2.05, 4.69) is 23.7 Å². The van der Waals surface area contributed by atoms with E-state index >= 15 is 13.2 Å². The first-order chi connectivity index (χ1) is 23.7.